The molecule has 0 spiro atoms. The molecule has 2 saturated heterocycles. The van der Waals surface area contributed by atoms with Crippen molar-refractivity contribution >= 4 is 18.3 Å². The Kier molecular flexibility index (Phi) is 5.70. The lowest BCUT2D eigenvalue weighted by Gasteiger charge is -2.32. The maximum atomic E-state index is 11.9. The number of carbonyl (C=O) groups excluding carboxylic acids is 1. The van der Waals surface area contributed by atoms with Gasteiger partial charge in [-0.25, -0.2) is 0 Å². The molecular weight excluding hydrogens is 238 g/mol. The van der Waals surface area contributed by atoms with E-state index in [2.05, 4.69) is 10.2 Å². The molecule has 1 amide bonds. The van der Waals surface area contributed by atoms with E-state index in [0.29, 0.717) is 11.9 Å². The summed E-state index contributed by atoms with van der Waals surface area (Å²) in [6, 6.07) is 0.602. The van der Waals surface area contributed by atoms with Gasteiger partial charge in [0, 0.05) is 51.2 Å². The molecule has 2 aliphatic heterocycles. The summed E-state index contributed by atoms with van der Waals surface area (Å²) < 4.78 is 0. The Morgan fingerprint density at radius 1 is 1.24 bits per heavy atom. The summed E-state index contributed by atoms with van der Waals surface area (Å²) in [5, 5.41) is 3.37. The van der Waals surface area contributed by atoms with Crippen molar-refractivity contribution in [3.8, 4) is 0 Å². The Labute approximate surface area is 110 Å². The van der Waals surface area contributed by atoms with Crippen molar-refractivity contribution in [3.63, 3.8) is 0 Å². The zero-order valence-electron chi connectivity index (χ0n) is 10.8. The number of likely N-dealkylation sites (tertiary alicyclic amines) is 1. The van der Waals surface area contributed by atoms with Crippen molar-refractivity contribution in [2.45, 2.75) is 26.3 Å². The Bertz CT molecular complexity index is 254. The van der Waals surface area contributed by atoms with Crippen LogP contribution < -0.4 is 5.32 Å². The highest BCUT2D eigenvalue weighted by Gasteiger charge is 2.31. The summed E-state index contributed by atoms with van der Waals surface area (Å²) in [5.41, 5.74) is 0. The van der Waals surface area contributed by atoms with Crippen LogP contribution in [0.4, 0.5) is 0 Å². The fraction of sp³-hybridized carbons (Fsp3) is 0.917. The highest BCUT2D eigenvalue weighted by molar-refractivity contribution is 5.85. The first kappa shape index (κ1) is 14.7. The topological polar surface area (TPSA) is 35.6 Å². The lowest BCUT2D eigenvalue weighted by Crippen LogP contribution is -2.49. The predicted octanol–water partition coefficient (Wildman–Crippen LogP) is 0.570. The SMILES string of the molecule is CC(C)C(=O)N1CCC(N2CCNCC2)C1.Cl. The van der Waals surface area contributed by atoms with Crippen molar-refractivity contribution in [2.75, 3.05) is 39.3 Å². The summed E-state index contributed by atoms with van der Waals surface area (Å²) >= 11 is 0. The molecule has 1 unspecified atom stereocenters. The summed E-state index contributed by atoms with van der Waals surface area (Å²) in [6.07, 6.45) is 1.15. The maximum Gasteiger partial charge on any atom is 0.225 e. The van der Waals surface area contributed by atoms with Gasteiger partial charge >= 0.3 is 0 Å². The predicted molar refractivity (Wildman–Crippen MR) is 71.5 cm³/mol. The standard InChI is InChI=1S/C12H23N3O.ClH/c1-10(2)12(16)15-6-3-11(9-15)14-7-4-13-5-8-14;/h10-11,13H,3-9H2,1-2H3;1H. The molecule has 0 aromatic carbocycles. The minimum atomic E-state index is 0. The van der Waals surface area contributed by atoms with E-state index in [4.69, 9.17) is 0 Å². The van der Waals surface area contributed by atoms with Gasteiger partial charge in [-0.05, 0) is 6.42 Å². The second kappa shape index (κ2) is 6.57. The third-order valence-electron chi connectivity index (χ3n) is 3.64. The van der Waals surface area contributed by atoms with Gasteiger partial charge in [-0.2, -0.15) is 0 Å². The van der Waals surface area contributed by atoms with Crippen molar-refractivity contribution < 1.29 is 4.79 Å². The highest BCUT2D eigenvalue weighted by atomic mass is 35.5. The molecule has 100 valence electrons. The lowest BCUT2D eigenvalue weighted by molar-refractivity contribution is -0.133. The number of carbonyl (C=O) groups is 1. The molecule has 2 rings (SSSR count). The quantitative estimate of drug-likeness (QED) is 0.790. The number of piperazine rings is 1. The van der Waals surface area contributed by atoms with Gasteiger partial charge in [0.1, 0.15) is 0 Å². The first-order chi connectivity index (χ1) is 7.68. The molecule has 2 aliphatic rings. The molecule has 0 aliphatic carbocycles. The Balaban J connectivity index is 0.00000144. The van der Waals surface area contributed by atoms with Crippen molar-refractivity contribution in [2.24, 2.45) is 5.92 Å². The van der Waals surface area contributed by atoms with Crippen LogP contribution in [0.1, 0.15) is 20.3 Å². The highest BCUT2D eigenvalue weighted by Crippen LogP contribution is 2.18. The van der Waals surface area contributed by atoms with Gasteiger partial charge in [0.15, 0.2) is 0 Å². The molecule has 2 fully saturated rings. The van der Waals surface area contributed by atoms with Gasteiger partial charge in [-0.1, -0.05) is 13.8 Å². The zero-order valence-corrected chi connectivity index (χ0v) is 11.6. The number of hydrogen-bond acceptors (Lipinski definition) is 3. The number of nitrogens with zero attached hydrogens (tertiary/aromatic N) is 2. The fourth-order valence-corrected chi connectivity index (χ4v) is 2.65. The van der Waals surface area contributed by atoms with Crippen LogP contribution in [-0.2, 0) is 4.79 Å². The van der Waals surface area contributed by atoms with Gasteiger partial charge in [0.25, 0.3) is 0 Å². The van der Waals surface area contributed by atoms with Crippen LogP contribution in [0.5, 0.6) is 0 Å². The fourth-order valence-electron chi connectivity index (χ4n) is 2.65. The minimum absolute atomic E-state index is 0. The van der Waals surface area contributed by atoms with Gasteiger partial charge in [0.2, 0.25) is 5.91 Å². The van der Waals surface area contributed by atoms with E-state index in [0.717, 1.165) is 45.7 Å². The maximum absolute atomic E-state index is 11.9. The van der Waals surface area contributed by atoms with E-state index >= 15 is 0 Å². The second-order valence-corrected chi connectivity index (χ2v) is 5.17. The van der Waals surface area contributed by atoms with E-state index in [-0.39, 0.29) is 18.3 Å². The molecule has 2 heterocycles. The van der Waals surface area contributed by atoms with Crippen molar-refractivity contribution in [1.29, 1.82) is 0 Å². The van der Waals surface area contributed by atoms with Crippen LogP contribution in [0.2, 0.25) is 0 Å². The van der Waals surface area contributed by atoms with Crippen LogP contribution in [-0.4, -0.2) is 61.0 Å². The van der Waals surface area contributed by atoms with E-state index in [9.17, 15) is 4.79 Å². The van der Waals surface area contributed by atoms with Crippen molar-refractivity contribution in [3.05, 3.63) is 0 Å². The van der Waals surface area contributed by atoms with Gasteiger partial charge < -0.3 is 10.2 Å². The van der Waals surface area contributed by atoms with E-state index < -0.39 is 0 Å². The number of halogens is 1. The summed E-state index contributed by atoms with van der Waals surface area (Å²) in [5.74, 6) is 0.458. The molecule has 0 radical (unpaired) electrons. The molecule has 0 saturated carbocycles. The Hall–Kier alpha value is -0.320. The molecule has 17 heavy (non-hydrogen) atoms. The smallest absolute Gasteiger partial charge is 0.225 e. The average Bonchev–Trinajstić information content (AvgIpc) is 2.78. The first-order valence-electron chi connectivity index (χ1n) is 6.42. The van der Waals surface area contributed by atoms with E-state index in [1.807, 2.05) is 18.7 Å². The molecule has 1 N–H and O–H groups in total. The molecule has 1 atom stereocenters. The van der Waals surface area contributed by atoms with Gasteiger partial charge in [-0.15, -0.1) is 12.4 Å². The number of amides is 1. The third-order valence-corrected chi connectivity index (χ3v) is 3.64. The molecule has 0 aromatic rings. The Morgan fingerprint density at radius 3 is 2.47 bits per heavy atom. The molecule has 0 bridgehead atoms. The van der Waals surface area contributed by atoms with Crippen LogP contribution in [0.25, 0.3) is 0 Å². The molecule has 4 nitrogen and oxygen atoms in total. The summed E-state index contributed by atoms with van der Waals surface area (Å²) in [7, 11) is 0. The zero-order chi connectivity index (χ0) is 11.5. The van der Waals surface area contributed by atoms with Gasteiger partial charge in [0.05, 0.1) is 0 Å². The number of nitrogens with one attached hydrogen (secondary N) is 1. The van der Waals surface area contributed by atoms with Gasteiger partial charge in [-0.3, -0.25) is 9.69 Å². The van der Waals surface area contributed by atoms with Crippen molar-refractivity contribution in [1.82, 2.24) is 15.1 Å². The lowest BCUT2D eigenvalue weighted by atomic mass is 10.2. The second-order valence-electron chi connectivity index (χ2n) is 5.17. The molecular formula is C12H24ClN3O. The average molecular weight is 262 g/mol. The normalized spacial score (nSPS) is 26.1. The van der Waals surface area contributed by atoms with Crippen LogP contribution in [0, 0.1) is 5.92 Å². The van der Waals surface area contributed by atoms with Crippen LogP contribution in [0.3, 0.4) is 0 Å². The first-order valence-corrected chi connectivity index (χ1v) is 6.42. The van der Waals surface area contributed by atoms with Crippen LogP contribution >= 0.6 is 12.4 Å². The van der Waals surface area contributed by atoms with Crippen LogP contribution in [0.15, 0.2) is 0 Å². The summed E-state index contributed by atoms with van der Waals surface area (Å²) in [4.78, 5) is 16.4. The number of rotatable bonds is 2. The van der Waals surface area contributed by atoms with E-state index in [1.165, 1.54) is 0 Å². The minimum Gasteiger partial charge on any atom is -0.341 e. The largest absolute Gasteiger partial charge is 0.341 e. The molecule has 5 heteroatoms. The number of hydrogen-bond donors (Lipinski definition) is 1. The molecule has 0 aromatic heterocycles. The van der Waals surface area contributed by atoms with E-state index in [1.54, 1.807) is 0 Å². The Morgan fingerprint density at radius 2 is 1.88 bits per heavy atom. The third kappa shape index (κ3) is 3.57. The monoisotopic (exact) mass is 261 g/mol. The summed E-state index contributed by atoms with van der Waals surface area (Å²) in [6.45, 7) is 10.3.